The highest BCUT2D eigenvalue weighted by Crippen LogP contribution is 2.19. The van der Waals surface area contributed by atoms with Gasteiger partial charge >= 0.3 is 0 Å². The number of nitrogens with zero attached hydrogens (tertiary/aromatic N) is 1. The molecule has 0 spiro atoms. The molecule has 0 N–H and O–H groups in total. The molecule has 0 bridgehead atoms. The second-order valence-corrected chi connectivity index (χ2v) is 7.21. The third-order valence-corrected chi connectivity index (χ3v) is 5.27. The van der Waals surface area contributed by atoms with E-state index in [1.54, 1.807) is 24.3 Å². The third kappa shape index (κ3) is 4.68. The lowest BCUT2D eigenvalue weighted by atomic mass is 10.2. The molecule has 0 saturated carbocycles. The maximum atomic E-state index is 12.7. The molecule has 2 rings (SSSR count). The molecule has 6 heteroatoms. The summed E-state index contributed by atoms with van der Waals surface area (Å²) in [5.74, 6) is 0. The first-order valence-corrected chi connectivity index (χ1v) is 8.76. The van der Waals surface area contributed by atoms with Gasteiger partial charge in [0.25, 0.3) is 0 Å². The average molecular weight is 350 g/mol. The van der Waals surface area contributed by atoms with Crippen LogP contribution in [-0.4, -0.2) is 27.0 Å². The second-order valence-electron chi connectivity index (χ2n) is 4.67. The molecule has 0 radical (unpaired) electrons. The first kappa shape index (κ1) is 17.2. The molecule has 0 aromatic heterocycles. The van der Waals surface area contributed by atoms with Gasteiger partial charge in [-0.05, 0) is 29.8 Å². The molecule has 0 saturated heterocycles. The van der Waals surface area contributed by atoms with Crippen LogP contribution in [0.5, 0.6) is 0 Å². The van der Waals surface area contributed by atoms with Crippen molar-refractivity contribution in [2.75, 3.05) is 7.11 Å². The zero-order valence-corrected chi connectivity index (χ0v) is 14.0. The summed E-state index contributed by atoms with van der Waals surface area (Å²) in [5, 5.41) is 3.15. The zero-order chi connectivity index (χ0) is 16.7. The molecule has 0 heterocycles. The van der Waals surface area contributed by atoms with Crippen LogP contribution in [0.15, 0.2) is 70.7 Å². The predicted molar refractivity (Wildman–Crippen MR) is 93.4 cm³/mol. The standard InChI is InChI=1S/C17H16ClNO3S/c1-22-19-13-17(10-7-14-5-3-2-4-6-14)23(20,21)16-11-8-15(18)9-12-16/h2-13,17H,1H3/b10-7+,19-13+. The molecule has 1 atom stereocenters. The van der Waals surface area contributed by atoms with E-state index in [9.17, 15) is 8.42 Å². The van der Waals surface area contributed by atoms with Crippen LogP contribution in [-0.2, 0) is 14.7 Å². The second kappa shape index (κ2) is 7.94. The van der Waals surface area contributed by atoms with Gasteiger partial charge in [-0.3, -0.25) is 0 Å². The van der Waals surface area contributed by atoms with Crippen molar-refractivity contribution in [1.29, 1.82) is 0 Å². The topological polar surface area (TPSA) is 55.7 Å². The van der Waals surface area contributed by atoms with E-state index in [1.165, 1.54) is 25.5 Å². The Labute approximate surface area is 141 Å². The molecule has 0 aliphatic rings. The summed E-state index contributed by atoms with van der Waals surface area (Å²) in [7, 11) is -2.27. The fourth-order valence-corrected chi connectivity index (χ4v) is 3.36. The molecule has 0 fully saturated rings. The van der Waals surface area contributed by atoms with E-state index in [-0.39, 0.29) is 4.90 Å². The highest BCUT2D eigenvalue weighted by atomic mass is 35.5. The average Bonchev–Trinajstić information content (AvgIpc) is 2.56. The third-order valence-electron chi connectivity index (χ3n) is 3.09. The van der Waals surface area contributed by atoms with E-state index in [2.05, 4.69) is 9.99 Å². The van der Waals surface area contributed by atoms with Gasteiger partial charge in [-0.1, -0.05) is 59.2 Å². The van der Waals surface area contributed by atoms with E-state index in [0.29, 0.717) is 5.02 Å². The lowest BCUT2D eigenvalue weighted by molar-refractivity contribution is 0.215. The van der Waals surface area contributed by atoms with Gasteiger partial charge in [-0.2, -0.15) is 0 Å². The van der Waals surface area contributed by atoms with Gasteiger partial charge in [-0.15, -0.1) is 0 Å². The number of rotatable bonds is 6. The fraction of sp³-hybridized carbons (Fsp3) is 0.118. The van der Waals surface area contributed by atoms with Crippen molar-refractivity contribution in [3.63, 3.8) is 0 Å². The Bertz CT molecular complexity index is 784. The predicted octanol–water partition coefficient (Wildman–Crippen LogP) is 3.83. The smallest absolute Gasteiger partial charge is 0.190 e. The molecule has 120 valence electrons. The summed E-state index contributed by atoms with van der Waals surface area (Å²) >= 11 is 5.81. The number of benzene rings is 2. The molecule has 0 amide bonds. The van der Waals surface area contributed by atoms with Crippen LogP contribution < -0.4 is 0 Å². The lowest BCUT2D eigenvalue weighted by Crippen LogP contribution is -2.21. The Hall–Kier alpha value is -2.11. The number of oxime groups is 1. The molecule has 0 aliphatic heterocycles. The summed E-state index contributed by atoms with van der Waals surface area (Å²) in [6.45, 7) is 0. The van der Waals surface area contributed by atoms with E-state index in [4.69, 9.17) is 11.6 Å². The minimum Gasteiger partial charge on any atom is -0.399 e. The maximum Gasteiger partial charge on any atom is 0.190 e. The molecule has 23 heavy (non-hydrogen) atoms. The van der Waals surface area contributed by atoms with Gasteiger partial charge in [0, 0.05) is 5.02 Å². The van der Waals surface area contributed by atoms with Crippen LogP contribution in [0.4, 0.5) is 0 Å². The van der Waals surface area contributed by atoms with E-state index >= 15 is 0 Å². The minimum absolute atomic E-state index is 0.173. The summed E-state index contributed by atoms with van der Waals surface area (Å²) in [5.41, 5.74) is 0.898. The van der Waals surface area contributed by atoms with Gasteiger partial charge in [0.15, 0.2) is 9.84 Å². The molecule has 0 aliphatic carbocycles. The summed E-state index contributed by atoms with van der Waals surface area (Å²) in [4.78, 5) is 4.80. The molecule has 1 unspecified atom stereocenters. The van der Waals surface area contributed by atoms with E-state index in [1.807, 2.05) is 30.3 Å². The van der Waals surface area contributed by atoms with Crippen LogP contribution in [0.3, 0.4) is 0 Å². The first-order chi connectivity index (χ1) is 11.0. The van der Waals surface area contributed by atoms with Crippen molar-refractivity contribution >= 4 is 33.7 Å². The molecular formula is C17H16ClNO3S. The summed E-state index contributed by atoms with van der Waals surface area (Å²) in [6.07, 6.45) is 4.56. The number of halogens is 1. The van der Waals surface area contributed by atoms with Crippen molar-refractivity contribution in [1.82, 2.24) is 0 Å². The Morgan fingerprint density at radius 2 is 1.74 bits per heavy atom. The van der Waals surface area contributed by atoms with E-state index < -0.39 is 15.1 Å². The quantitative estimate of drug-likeness (QED) is 0.588. The Balaban J connectivity index is 2.35. The van der Waals surface area contributed by atoms with Gasteiger partial charge in [0.2, 0.25) is 0 Å². The molecular weight excluding hydrogens is 334 g/mol. The minimum atomic E-state index is -3.63. The number of sulfone groups is 1. The first-order valence-electron chi connectivity index (χ1n) is 6.83. The van der Waals surface area contributed by atoms with Crippen LogP contribution >= 0.6 is 11.6 Å². The largest absolute Gasteiger partial charge is 0.399 e. The molecule has 2 aromatic carbocycles. The Kier molecular flexibility index (Phi) is 5.96. The van der Waals surface area contributed by atoms with Crippen molar-refractivity contribution in [2.24, 2.45) is 5.16 Å². The van der Waals surface area contributed by atoms with Crippen LogP contribution in [0.1, 0.15) is 5.56 Å². The van der Waals surface area contributed by atoms with Gasteiger partial charge < -0.3 is 4.84 Å². The lowest BCUT2D eigenvalue weighted by Gasteiger charge is -2.09. The monoisotopic (exact) mass is 349 g/mol. The van der Waals surface area contributed by atoms with Crippen LogP contribution in [0, 0.1) is 0 Å². The Morgan fingerprint density at radius 3 is 2.35 bits per heavy atom. The molecule has 2 aromatic rings. The van der Waals surface area contributed by atoms with Crippen LogP contribution in [0.2, 0.25) is 5.02 Å². The SMILES string of the molecule is CO/N=C/C(/C=C/c1ccccc1)S(=O)(=O)c1ccc(Cl)cc1. The number of hydrogen-bond acceptors (Lipinski definition) is 4. The molecule has 4 nitrogen and oxygen atoms in total. The van der Waals surface area contributed by atoms with Crippen molar-refractivity contribution in [3.05, 3.63) is 71.3 Å². The van der Waals surface area contributed by atoms with Crippen molar-refractivity contribution in [2.45, 2.75) is 10.1 Å². The summed E-state index contributed by atoms with van der Waals surface area (Å²) < 4.78 is 25.5. The van der Waals surface area contributed by atoms with Crippen molar-refractivity contribution in [3.8, 4) is 0 Å². The van der Waals surface area contributed by atoms with Gasteiger partial charge in [0.1, 0.15) is 12.4 Å². The fourth-order valence-electron chi connectivity index (χ4n) is 1.91. The van der Waals surface area contributed by atoms with Crippen LogP contribution in [0.25, 0.3) is 6.08 Å². The van der Waals surface area contributed by atoms with Crippen molar-refractivity contribution < 1.29 is 13.3 Å². The zero-order valence-electron chi connectivity index (χ0n) is 12.5. The highest BCUT2D eigenvalue weighted by molar-refractivity contribution is 7.93. The number of hydrogen-bond donors (Lipinski definition) is 0. The van der Waals surface area contributed by atoms with E-state index in [0.717, 1.165) is 5.56 Å². The van der Waals surface area contributed by atoms with Gasteiger partial charge in [0.05, 0.1) is 11.1 Å². The highest BCUT2D eigenvalue weighted by Gasteiger charge is 2.24. The Morgan fingerprint density at radius 1 is 1.09 bits per heavy atom. The normalized spacial score (nSPS) is 13.5. The summed E-state index contributed by atoms with van der Waals surface area (Å²) in [6, 6.07) is 15.5. The maximum absolute atomic E-state index is 12.7. The van der Waals surface area contributed by atoms with Gasteiger partial charge in [-0.25, -0.2) is 8.42 Å².